The molecule has 0 fully saturated rings. The molecule has 0 aliphatic heterocycles. The number of halogens is 2. The van der Waals surface area contributed by atoms with Crippen molar-refractivity contribution in [3.05, 3.63) is 59.2 Å². The zero-order valence-electron chi connectivity index (χ0n) is 9.91. The van der Waals surface area contributed by atoms with Crippen LogP contribution in [0.15, 0.2) is 36.4 Å². The summed E-state index contributed by atoms with van der Waals surface area (Å²) in [4.78, 5) is 0. The minimum absolute atomic E-state index is 0.100. The summed E-state index contributed by atoms with van der Waals surface area (Å²) in [5.41, 5.74) is 8.13. The second-order valence-electron chi connectivity index (χ2n) is 3.97. The number of nitrogen functional groups attached to an aromatic ring is 1. The van der Waals surface area contributed by atoms with Gasteiger partial charge in [0.1, 0.15) is 6.61 Å². The van der Waals surface area contributed by atoms with E-state index in [-0.39, 0.29) is 12.4 Å². The Hall–Kier alpha value is -2.10. The van der Waals surface area contributed by atoms with Gasteiger partial charge in [0.25, 0.3) is 0 Å². The molecule has 2 nitrogen and oxygen atoms in total. The molecule has 0 amide bonds. The lowest BCUT2D eigenvalue weighted by molar-refractivity contribution is 0.284. The average molecular weight is 249 g/mol. The van der Waals surface area contributed by atoms with Crippen molar-refractivity contribution in [3.8, 4) is 5.75 Å². The fourth-order valence-electron chi connectivity index (χ4n) is 1.61. The maximum Gasteiger partial charge on any atom is 0.200 e. The number of benzene rings is 2. The van der Waals surface area contributed by atoms with Crippen LogP contribution in [0.1, 0.15) is 11.1 Å². The Morgan fingerprint density at radius 3 is 2.61 bits per heavy atom. The molecule has 0 aromatic heterocycles. The Morgan fingerprint density at radius 1 is 1.11 bits per heavy atom. The van der Waals surface area contributed by atoms with Crippen LogP contribution in [0.2, 0.25) is 0 Å². The van der Waals surface area contributed by atoms with Gasteiger partial charge in [-0.05, 0) is 36.2 Å². The number of anilines is 1. The fraction of sp³-hybridized carbons (Fsp3) is 0.143. The average Bonchev–Trinajstić information content (AvgIpc) is 2.36. The standard InChI is InChI=1S/C14H13F2NO/c1-9-10(4-2-6-12(9)17)8-18-13-7-3-5-11(15)14(13)16/h2-7H,8,17H2,1H3. The molecule has 0 aliphatic rings. The molecule has 2 aromatic carbocycles. The minimum atomic E-state index is -0.973. The predicted octanol–water partition coefficient (Wildman–Crippen LogP) is 3.43. The van der Waals surface area contributed by atoms with Crippen LogP contribution in [0, 0.1) is 18.6 Å². The Balaban J connectivity index is 2.17. The second kappa shape index (κ2) is 5.04. The zero-order valence-corrected chi connectivity index (χ0v) is 9.91. The first-order valence-electron chi connectivity index (χ1n) is 5.50. The van der Waals surface area contributed by atoms with Crippen LogP contribution in [-0.2, 0) is 6.61 Å². The smallest absolute Gasteiger partial charge is 0.200 e. The lowest BCUT2D eigenvalue weighted by atomic mass is 10.1. The van der Waals surface area contributed by atoms with E-state index < -0.39 is 11.6 Å². The van der Waals surface area contributed by atoms with Crippen molar-refractivity contribution in [2.45, 2.75) is 13.5 Å². The largest absolute Gasteiger partial charge is 0.486 e. The Morgan fingerprint density at radius 2 is 1.83 bits per heavy atom. The monoisotopic (exact) mass is 249 g/mol. The molecule has 2 aromatic rings. The van der Waals surface area contributed by atoms with Gasteiger partial charge in [-0.1, -0.05) is 18.2 Å². The molecule has 0 unspecified atom stereocenters. The van der Waals surface area contributed by atoms with Crippen molar-refractivity contribution in [1.82, 2.24) is 0 Å². The number of hydrogen-bond donors (Lipinski definition) is 1. The van der Waals surface area contributed by atoms with Crippen molar-refractivity contribution >= 4 is 5.69 Å². The third-order valence-electron chi connectivity index (χ3n) is 2.79. The van der Waals surface area contributed by atoms with E-state index >= 15 is 0 Å². The molecule has 2 rings (SSSR count). The van der Waals surface area contributed by atoms with E-state index in [0.717, 1.165) is 17.2 Å². The van der Waals surface area contributed by atoms with Gasteiger partial charge in [0, 0.05) is 5.69 Å². The first-order valence-corrected chi connectivity index (χ1v) is 5.50. The van der Waals surface area contributed by atoms with Gasteiger partial charge in [-0.3, -0.25) is 0 Å². The number of nitrogens with two attached hydrogens (primary N) is 1. The normalized spacial score (nSPS) is 10.4. The van der Waals surface area contributed by atoms with Crippen molar-refractivity contribution in [3.63, 3.8) is 0 Å². The van der Waals surface area contributed by atoms with E-state index in [0.29, 0.717) is 5.69 Å². The summed E-state index contributed by atoms with van der Waals surface area (Å²) in [6.45, 7) is 2.01. The molecule has 94 valence electrons. The van der Waals surface area contributed by atoms with Gasteiger partial charge in [-0.15, -0.1) is 0 Å². The summed E-state index contributed by atoms with van der Waals surface area (Å²) in [5, 5.41) is 0. The van der Waals surface area contributed by atoms with Crippen LogP contribution < -0.4 is 10.5 Å². The summed E-state index contributed by atoms with van der Waals surface area (Å²) in [5.74, 6) is -1.99. The quantitative estimate of drug-likeness (QED) is 0.846. The molecular weight excluding hydrogens is 236 g/mol. The zero-order chi connectivity index (χ0) is 13.1. The maximum atomic E-state index is 13.4. The summed E-state index contributed by atoms with van der Waals surface area (Å²) in [6.07, 6.45) is 0. The lowest BCUT2D eigenvalue weighted by Crippen LogP contribution is -2.02. The van der Waals surface area contributed by atoms with E-state index in [2.05, 4.69) is 0 Å². The van der Waals surface area contributed by atoms with E-state index in [1.165, 1.54) is 12.1 Å². The highest BCUT2D eigenvalue weighted by atomic mass is 19.2. The third kappa shape index (κ3) is 2.42. The molecule has 4 heteroatoms. The van der Waals surface area contributed by atoms with Crippen LogP contribution >= 0.6 is 0 Å². The highest BCUT2D eigenvalue weighted by Crippen LogP contribution is 2.22. The number of hydrogen-bond acceptors (Lipinski definition) is 2. The summed E-state index contributed by atoms with van der Waals surface area (Å²) in [6, 6.07) is 9.25. The summed E-state index contributed by atoms with van der Waals surface area (Å²) in [7, 11) is 0. The van der Waals surface area contributed by atoms with Gasteiger partial charge in [-0.2, -0.15) is 4.39 Å². The second-order valence-corrected chi connectivity index (χ2v) is 3.97. The van der Waals surface area contributed by atoms with E-state index in [1.54, 1.807) is 12.1 Å². The molecular formula is C14H13F2NO. The molecule has 0 bridgehead atoms. The Kier molecular flexibility index (Phi) is 3.46. The predicted molar refractivity (Wildman–Crippen MR) is 66.3 cm³/mol. The highest BCUT2D eigenvalue weighted by molar-refractivity contribution is 5.49. The number of ether oxygens (including phenoxy) is 1. The van der Waals surface area contributed by atoms with Gasteiger partial charge in [0.05, 0.1) is 0 Å². The SMILES string of the molecule is Cc1c(N)cccc1COc1cccc(F)c1F. The van der Waals surface area contributed by atoms with Gasteiger partial charge in [0.15, 0.2) is 11.6 Å². The van der Waals surface area contributed by atoms with Gasteiger partial charge in [0.2, 0.25) is 5.82 Å². The van der Waals surface area contributed by atoms with Gasteiger partial charge >= 0.3 is 0 Å². The Labute approximate surface area is 104 Å². The van der Waals surface area contributed by atoms with Crippen LogP contribution in [0.5, 0.6) is 5.75 Å². The van der Waals surface area contributed by atoms with E-state index in [9.17, 15) is 8.78 Å². The molecule has 2 N–H and O–H groups in total. The molecule has 0 atom stereocenters. The van der Waals surface area contributed by atoms with E-state index in [1.807, 2.05) is 13.0 Å². The summed E-state index contributed by atoms with van der Waals surface area (Å²) >= 11 is 0. The van der Waals surface area contributed by atoms with E-state index in [4.69, 9.17) is 10.5 Å². The topological polar surface area (TPSA) is 35.2 Å². The van der Waals surface area contributed by atoms with Gasteiger partial charge < -0.3 is 10.5 Å². The van der Waals surface area contributed by atoms with Crippen molar-refractivity contribution < 1.29 is 13.5 Å². The minimum Gasteiger partial charge on any atom is -0.486 e. The van der Waals surface area contributed by atoms with Crippen LogP contribution in [-0.4, -0.2) is 0 Å². The molecule has 0 saturated carbocycles. The highest BCUT2D eigenvalue weighted by Gasteiger charge is 2.09. The first kappa shape index (κ1) is 12.4. The number of rotatable bonds is 3. The molecule has 0 aliphatic carbocycles. The Bertz CT molecular complexity index is 518. The van der Waals surface area contributed by atoms with Gasteiger partial charge in [-0.25, -0.2) is 4.39 Å². The molecule has 0 spiro atoms. The maximum absolute atomic E-state index is 13.4. The molecule has 0 saturated heterocycles. The van der Waals surface area contributed by atoms with Crippen LogP contribution in [0.4, 0.5) is 14.5 Å². The third-order valence-corrected chi connectivity index (χ3v) is 2.79. The molecule has 18 heavy (non-hydrogen) atoms. The van der Waals surface area contributed by atoms with Crippen molar-refractivity contribution in [1.29, 1.82) is 0 Å². The van der Waals surface area contributed by atoms with Crippen molar-refractivity contribution in [2.75, 3.05) is 5.73 Å². The van der Waals surface area contributed by atoms with Crippen LogP contribution in [0.3, 0.4) is 0 Å². The molecule has 0 heterocycles. The lowest BCUT2D eigenvalue weighted by Gasteiger charge is -2.11. The van der Waals surface area contributed by atoms with Crippen LogP contribution in [0.25, 0.3) is 0 Å². The van der Waals surface area contributed by atoms with Crippen molar-refractivity contribution in [2.24, 2.45) is 0 Å². The first-order chi connectivity index (χ1) is 8.59. The fourth-order valence-corrected chi connectivity index (χ4v) is 1.61. The molecule has 0 radical (unpaired) electrons. The summed E-state index contributed by atoms with van der Waals surface area (Å²) < 4.78 is 31.6.